The van der Waals surface area contributed by atoms with Crippen molar-refractivity contribution in [2.75, 3.05) is 45.9 Å². The van der Waals surface area contributed by atoms with Gasteiger partial charge in [0.05, 0.1) is 0 Å². The maximum Gasteiger partial charge on any atom is 0.411 e. The quantitative estimate of drug-likeness (QED) is 0.682. The van der Waals surface area contributed by atoms with Gasteiger partial charge in [-0.25, -0.2) is 0 Å². The van der Waals surface area contributed by atoms with Crippen LogP contribution in [0.4, 0.5) is 13.2 Å². The number of H-pyrrole nitrogens is 1. The van der Waals surface area contributed by atoms with Crippen molar-refractivity contribution in [2.45, 2.75) is 39.3 Å². The Morgan fingerprint density at radius 1 is 1.16 bits per heavy atom. The second-order valence-corrected chi connectivity index (χ2v) is 9.00. The summed E-state index contributed by atoms with van der Waals surface area (Å²) in [6.45, 7) is 5.20. The van der Waals surface area contributed by atoms with E-state index >= 15 is 0 Å². The van der Waals surface area contributed by atoms with Gasteiger partial charge in [-0.3, -0.25) is 19.3 Å². The molecule has 10 heteroatoms. The lowest BCUT2D eigenvalue weighted by Gasteiger charge is -2.35. The number of aromatic nitrogens is 1. The van der Waals surface area contributed by atoms with E-state index in [4.69, 9.17) is 0 Å². The number of ether oxygens (including phenoxy) is 1. The molecule has 1 saturated heterocycles. The summed E-state index contributed by atoms with van der Waals surface area (Å²) in [5.74, 6) is -0.482. The third kappa shape index (κ3) is 6.16. The van der Waals surface area contributed by atoms with Crippen molar-refractivity contribution in [3.05, 3.63) is 33.2 Å². The molecular weight excluding hydrogens is 415 g/mol. The van der Waals surface area contributed by atoms with Crippen molar-refractivity contribution in [1.82, 2.24) is 14.8 Å². The van der Waals surface area contributed by atoms with E-state index in [1.165, 1.54) is 6.07 Å². The number of piperazine rings is 1. The number of amides is 1. The number of ketones is 1. The normalized spacial score (nSPS) is 19.4. The first-order valence-corrected chi connectivity index (χ1v) is 10.4. The molecule has 1 aliphatic carbocycles. The van der Waals surface area contributed by atoms with Crippen LogP contribution in [0.3, 0.4) is 0 Å². The molecule has 1 aromatic heterocycles. The zero-order valence-corrected chi connectivity index (χ0v) is 17.8. The number of aromatic amines is 1. The Bertz CT molecular complexity index is 887. The lowest BCUT2D eigenvalue weighted by molar-refractivity contribution is -0.174. The Morgan fingerprint density at radius 2 is 1.84 bits per heavy atom. The number of halogens is 3. The Kier molecular flexibility index (Phi) is 6.90. The molecule has 0 spiro atoms. The number of hydrogen-bond donors (Lipinski definition) is 1. The lowest BCUT2D eigenvalue weighted by atomic mass is 9.75. The van der Waals surface area contributed by atoms with Crippen molar-refractivity contribution in [2.24, 2.45) is 5.41 Å². The lowest BCUT2D eigenvalue weighted by Crippen LogP contribution is -2.50. The van der Waals surface area contributed by atoms with E-state index < -0.39 is 24.2 Å². The van der Waals surface area contributed by atoms with E-state index in [9.17, 15) is 27.6 Å². The van der Waals surface area contributed by atoms with Crippen LogP contribution in [0.5, 0.6) is 0 Å². The highest BCUT2D eigenvalue weighted by Crippen LogP contribution is 2.33. The Balaban J connectivity index is 1.54. The van der Waals surface area contributed by atoms with Crippen molar-refractivity contribution >= 4 is 11.7 Å². The van der Waals surface area contributed by atoms with Crippen molar-refractivity contribution in [1.29, 1.82) is 0 Å². The predicted octanol–water partition coefficient (Wildman–Crippen LogP) is 2.26. The molecule has 1 N–H and O–H groups in total. The smallest absolute Gasteiger partial charge is 0.372 e. The zero-order valence-electron chi connectivity index (χ0n) is 17.8. The third-order valence-corrected chi connectivity index (χ3v) is 5.64. The molecule has 1 amide bonds. The summed E-state index contributed by atoms with van der Waals surface area (Å²) in [4.78, 5) is 44.2. The van der Waals surface area contributed by atoms with Gasteiger partial charge in [-0.1, -0.05) is 13.8 Å². The summed E-state index contributed by atoms with van der Waals surface area (Å²) in [5.41, 5.74) is 0.256. The number of carbonyl (C=O) groups is 2. The minimum atomic E-state index is -4.32. The summed E-state index contributed by atoms with van der Waals surface area (Å²) < 4.78 is 40.8. The van der Waals surface area contributed by atoms with Crippen LogP contribution in [0.25, 0.3) is 0 Å². The van der Waals surface area contributed by atoms with E-state index in [1.54, 1.807) is 4.90 Å². The van der Waals surface area contributed by atoms with E-state index in [0.29, 0.717) is 63.2 Å². The van der Waals surface area contributed by atoms with Gasteiger partial charge in [0.25, 0.3) is 11.5 Å². The number of nitrogens with zero attached hydrogens (tertiary/aromatic N) is 2. The number of Topliss-reactive ketones (excluding diaryl/α,β-unsaturated/α-hetero) is 1. The molecular formula is C21H28F3N3O4. The van der Waals surface area contributed by atoms with Crippen LogP contribution in [-0.2, 0) is 11.2 Å². The molecule has 1 fully saturated rings. The summed E-state index contributed by atoms with van der Waals surface area (Å²) in [6, 6.07) is 1.43. The second-order valence-electron chi connectivity index (χ2n) is 9.00. The number of nitrogens with one attached hydrogen (secondary N) is 1. The molecule has 2 aliphatic rings. The number of fused-ring (bicyclic) bond motifs is 1. The Morgan fingerprint density at radius 3 is 2.48 bits per heavy atom. The average Bonchev–Trinajstić information content (AvgIpc) is 2.65. The molecule has 7 nitrogen and oxygen atoms in total. The molecule has 2 heterocycles. The second kappa shape index (κ2) is 9.12. The van der Waals surface area contributed by atoms with Crippen molar-refractivity contribution in [3.8, 4) is 0 Å². The van der Waals surface area contributed by atoms with Crippen LogP contribution in [0, 0.1) is 5.41 Å². The monoisotopic (exact) mass is 443 g/mol. The van der Waals surface area contributed by atoms with Crippen LogP contribution in [-0.4, -0.2) is 78.6 Å². The minimum absolute atomic E-state index is 0.0218. The fraction of sp³-hybridized carbons (Fsp3) is 0.667. The Labute approximate surface area is 178 Å². The highest BCUT2D eigenvalue weighted by atomic mass is 19.4. The number of rotatable bonds is 6. The highest BCUT2D eigenvalue weighted by molar-refractivity contribution is 6.02. The summed E-state index contributed by atoms with van der Waals surface area (Å²) in [5, 5.41) is 0. The minimum Gasteiger partial charge on any atom is -0.372 e. The molecule has 3 rings (SSSR count). The molecule has 0 atom stereocenters. The third-order valence-electron chi connectivity index (χ3n) is 5.64. The largest absolute Gasteiger partial charge is 0.411 e. The van der Waals surface area contributed by atoms with Crippen molar-refractivity contribution in [3.63, 3.8) is 0 Å². The molecule has 31 heavy (non-hydrogen) atoms. The maximum absolute atomic E-state index is 12.9. The van der Waals surface area contributed by atoms with E-state index in [-0.39, 0.29) is 23.4 Å². The van der Waals surface area contributed by atoms with Crippen LogP contribution in [0.1, 0.15) is 53.1 Å². The number of alkyl halides is 3. The van der Waals surface area contributed by atoms with Gasteiger partial charge in [0, 0.05) is 57.0 Å². The molecule has 1 aliphatic heterocycles. The number of hydrogen-bond acceptors (Lipinski definition) is 5. The van der Waals surface area contributed by atoms with Crippen LogP contribution >= 0.6 is 0 Å². The first-order valence-electron chi connectivity index (χ1n) is 10.4. The van der Waals surface area contributed by atoms with Gasteiger partial charge in [0.15, 0.2) is 5.78 Å². The molecule has 0 aromatic carbocycles. The van der Waals surface area contributed by atoms with Gasteiger partial charge in [-0.15, -0.1) is 0 Å². The highest BCUT2D eigenvalue weighted by Gasteiger charge is 2.33. The van der Waals surface area contributed by atoms with Crippen LogP contribution < -0.4 is 5.56 Å². The molecule has 0 unspecified atom stereocenters. The first-order chi connectivity index (χ1) is 14.5. The Hall–Kier alpha value is -2.20. The molecule has 0 bridgehead atoms. The van der Waals surface area contributed by atoms with E-state index in [2.05, 4.69) is 9.72 Å². The summed E-state index contributed by atoms with van der Waals surface area (Å²) in [7, 11) is 0. The van der Waals surface area contributed by atoms with Crippen LogP contribution in [0.15, 0.2) is 10.9 Å². The molecule has 0 radical (unpaired) electrons. The van der Waals surface area contributed by atoms with Crippen molar-refractivity contribution < 1.29 is 27.5 Å². The van der Waals surface area contributed by atoms with E-state index in [0.717, 1.165) is 0 Å². The molecule has 0 saturated carbocycles. The van der Waals surface area contributed by atoms with Gasteiger partial charge in [-0.05, 0) is 24.3 Å². The van der Waals surface area contributed by atoms with Gasteiger partial charge in [-0.2, -0.15) is 13.2 Å². The van der Waals surface area contributed by atoms with Crippen LogP contribution in [0.2, 0.25) is 0 Å². The molecule has 1 aromatic rings. The van der Waals surface area contributed by atoms with E-state index in [1.807, 2.05) is 18.7 Å². The van der Waals surface area contributed by atoms with Gasteiger partial charge >= 0.3 is 6.18 Å². The molecule has 172 valence electrons. The zero-order chi connectivity index (χ0) is 22.8. The summed E-state index contributed by atoms with van der Waals surface area (Å²) >= 11 is 0. The van der Waals surface area contributed by atoms with Gasteiger partial charge in [0.1, 0.15) is 12.2 Å². The SMILES string of the molecule is CC1(C)CC(=O)c2cc(C(=O)N3CCN(CCCOCC(F)(F)F)CC3)c(=O)[nH]c2C1. The standard InChI is InChI=1S/C21H28F3N3O4/c1-20(2)11-16-14(17(28)12-20)10-15(18(29)25-16)19(30)27-7-5-26(6-8-27)4-3-9-31-13-21(22,23)24/h10H,3-9,11-13H2,1-2H3,(H,25,29). The fourth-order valence-corrected chi connectivity index (χ4v) is 4.11. The summed E-state index contributed by atoms with van der Waals surface area (Å²) in [6.07, 6.45) is -2.91. The number of pyridine rings is 1. The fourth-order valence-electron chi connectivity index (χ4n) is 4.11. The topological polar surface area (TPSA) is 82.7 Å². The predicted molar refractivity (Wildman–Crippen MR) is 107 cm³/mol. The average molecular weight is 443 g/mol. The van der Waals surface area contributed by atoms with Gasteiger partial charge < -0.3 is 14.6 Å². The van der Waals surface area contributed by atoms with Gasteiger partial charge in [0.2, 0.25) is 0 Å². The number of carbonyl (C=O) groups excluding carboxylic acids is 2. The first kappa shape index (κ1) is 23.5. The maximum atomic E-state index is 12.9.